The van der Waals surface area contributed by atoms with Crippen molar-refractivity contribution in [3.05, 3.63) is 0 Å². The van der Waals surface area contributed by atoms with Gasteiger partial charge in [-0.15, -0.1) is 11.8 Å². The van der Waals surface area contributed by atoms with Crippen LogP contribution in [0.5, 0.6) is 0 Å². The Morgan fingerprint density at radius 3 is 3.00 bits per heavy atom. The lowest BCUT2D eigenvalue weighted by atomic mass is 10.5. The molecule has 1 aliphatic heterocycles. The number of thioether (sulfide) groups is 2. The van der Waals surface area contributed by atoms with Gasteiger partial charge in [0.05, 0.1) is 0 Å². The molecule has 0 radical (unpaired) electrons. The third-order valence-corrected chi connectivity index (χ3v) is 3.81. The first kappa shape index (κ1) is 7.76. The van der Waals surface area contributed by atoms with Crippen molar-refractivity contribution < 1.29 is 4.74 Å². The largest absolute Gasteiger partial charge is 0.371 e. The Morgan fingerprint density at radius 1 is 1.33 bits per heavy atom. The monoisotopic (exact) mass is 164 g/mol. The van der Waals surface area contributed by atoms with E-state index in [0.29, 0.717) is 5.44 Å². The second kappa shape index (κ2) is 4.47. The van der Waals surface area contributed by atoms with E-state index < -0.39 is 0 Å². The van der Waals surface area contributed by atoms with Crippen molar-refractivity contribution in [1.29, 1.82) is 0 Å². The van der Waals surface area contributed by atoms with Crippen LogP contribution in [0.15, 0.2) is 0 Å². The number of methoxy groups -OCH3 is 1. The molecule has 0 spiro atoms. The summed E-state index contributed by atoms with van der Waals surface area (Å²) in [5.74, 6) is 3.82. The first-order valence-electron chi connectivity index (χ1n) is 3.15. The highest BCUT2D eigenvalue weighted by Crippen LogP contribution is 2.23. The van der Waals surface area contributed by atoms with Gasteiger partial charge in [-0.05, 0) is 12.2 Å². The first-order valence-corrected chi connectivity index (χ1v) is 5.36. The molecule has 1 saturated heterocycles. The smallest absolute Gasteiger partial charge is 0.103 e. The number of hydrogen-bond acceptors (Lipinski definition) is 3. The Morgan fingerprint density at radius 2 is 2.22 bits per heavy atom. The summed E-state index contributed by atoms with van der Waals surface area (Å²) in [5.41, 5.74) is 0.472. The molecule has 0 aliphatic carbocycles. The van der Waals surface area contributed by atoms with E-state index in [-0.39, 0.29) is 0 Å². The molecule has 1 unspecified atom stereocenters. The van der Waals surface area contributed by atoms with Gasteiger partial charge in [0.2, 0.25) is 0 Å². The van der Waals surface area contributed by atoms with Gasteiger partial charge in [0.1, 0.15) is 5.44 Å². The average Bonchev–Trinajstić information content (AvgIpc) is 2.13. The topological polar surface area (TPSA) is 9.23 Å². The quantitative estimate of drug-likeness (QED) is 0.585. The highest BCUT2D eigenvalue weighted by molar-refractivity contribution is 8.03. The molecular formula is C6H12OS2. The van der Waals surface area contributed by atoms with Crippen LogP contribution in [-0.4, -0.2) is 29.8 Å². The molecule has 54 valence electrons. The molecule has 1 fully saturated rings. The van der Waals surface area contributed by atoms with Crippen LogP contribution >= 0.6 is 23.5 Å². The lowest BCUT2D eigenvalue weighted by molar-refractivity contribution is 0.171. The molecule has 0 amide bonds. The number of rotatable bonds is 1. The maximum absolute atomic E-state index is 5.22. The molecule has 1 heterocycles. The molecule has 0 N–H and O–H groups in total. The third-order valence-electron chi connectivity index (χ3n) is 1.29. The summed E-state index contributed by atoms with van der Waals surface area (Å²) in [5, 5.41) is 0. The van der Waals surface area contributed by atoms with E-state index in [1.807, 2.05) is 23.5 Å². The molecule has 1 nitrogen and oxygen atoms in total. The summed E-state index contributed by atoms with van der Waals surface area (Å²) < 4.78 is 5.22. The van der Waals surface area contributed by atoms with Crippen molar-refractivity contribution in [3.63, 3.8) is 0 Å². The van der Waals surface area contributed by atoms with E-state index in [4.69, 9.17) is 4.74 Å². The van der Waals surface area contributed by atoms with Gasteiger partial charge in [-0.1, -0.05) is 0 Å². The minimum absolute atomic E-state index is 0.472. The Balaban J connectivity index is 2.18. The van der Waals surface area contributed by atoms with Crippen LogP contribution in [0.4, 0.5) is 0 Å². The van der Waals surface area contributed by atoms with Crippen molar-refractivity contribution >= 4 is 23.5 Å². The van der Waals surface area contributed by atoms with Gasteiger partial charge >= 0.3 is 0 Å². The van der Waals surface area contributed by atoms with E-state index in [2.05, 4.69) is 0 Å². The van der Waals surface area contributed by atoms with Crippen LogP contribution in [0.2, 0.25) is 0 Å². The fourth-order valence-electron chi connectivity index (χ4n) is 0.789. The van der Waals surface area contributed by atoms with E-state index in [1.54, 1.807) is 7.11 Å². The van der Waals surface area contributed by atoms with E-state index >= 15 is 0 Å². The molecule has 3 heteroatoms. The molecule has 1 atom stereocenters. The molecular weight excluding hydrogens is 152 g/mol. The molecule has 0 bridgehead atoms. The second-order valence-corrected chi connectivity index (χ2v) is 4.43. The molecule has 0 aromatic heterocycles. The lowest BCUT2D eigenvalue weighted by Gasteiger charge is -2.08. The van der Waals surface area contributed by atoms with Gasteiger partial charge < -0.3 is 4.74 Å². The van der Waals surface area contributed by atoms with Crippen LogP contribution < -0.4 is 0 Å². The summed E-state index contributed by atoms with van der Waals surface area (Å²) in [4.78, 5) is 0. The SMILES string of the molecule is COC1CCSCCS1. The summed E-state index contributed by atoms with van der Waals surface area (Å²) in [6, 6.07) is 0. The predicted octanol–water partition coefficient (Wildman–Crippen LogP) is 1.83. The van der Waals surface area contributed by atoms with Gasteiger partial charge in [-0.3, -0.25) is 0 Å². The Labute approximate surface area is 64.9 Å². The Hall–Kier alpha value is 0.660. The van der Waals surface area contributed by atoms with Gasteiger partial charge in [0, 0.05) is 18.6 Å². The Kier molecular flexibility index (Phi) is 3.86. The van der Waals surface area contributed by atoms with Gasteiger partial charge in [0.25, 0.3) is 0 Å². The standard InChI is InChI=1S/C6H12OS2/c1-7-6-2-3-8-4-5-9-6/h6H,2-5H2,1H3. The normalized spacial score (nSPS) is 29.7. The zero-order valence-electron chi connectivity index (χ0n) is 5.63. The van der Waals surface area contributed by atoms with Crippen LogP contribution in [0.1, 0.15) is 6.42 Å². The predicted molar refractivity (Wildman–Crippen MR) is 45.2 cm³/mol. The molecule has 9 heavy (non-hydrogen) atoms. The average molecular weight is 164 g/mol. The van der Waals surface area contributed by atoms with Crippen molar-refractivity contribution in [1.82, 2.24) is 0 Å². The highest BCUT2D eigenvalue weighted by Gasteiger charge is 2.10. The fourth-order valence-corrected chi connectivity index (χ4v) is 3.06. The van der Waals surface area contributed by atoms with Crippen LogP contribution in [0, 0.1) is 0 Å². The third kappa shape index (κ3) is 2.83. The molecule has 0 aromatic rings. The van der Waals surface area contributed by atoms with Gasteiger partial charge in [-0.25, -0.2) is 0 Å². The van der Waals surface area contributed by atoms with E-state index in [9.17, 15) is 0 Å². The van der Waals surface area contributed by atoms with Crippen molar-refractivity contribution in [2.75, 3.05) is 24.4 Å². The van der Waals surface area contributed by atoms with Crippen molar-refractivity contribution in [2.45, 2.75) is 11.9 Å². The maximum Gasteiger partial charge on any atom is 0.103 e. The summed E-state index contributed by atoms with van der Waals surface area (Å²) in [6.45, 7) is 0. The van der Waals surface area contributed by atoms with E-state index in [0.717, 1.165) is 0 Å². The van der Waals surface area contributed by atoms with E-state index in [1.165, 1.54) is 23.7 Å². The number of hydrogen-bond donors (Lipinski definition) is 0. The van der Waals surface area contributed by atoms with Crippen LogP contribution in [0.3, 0.4) is 0 Å². The minimum Gasteiger partial charge on any atom is -0.371 e. The fraction of sp³-hybridized carbons (Fsp3) is 1.00. The summed E-state index contributed by atoms with van der Waals surface area (Å²) in [6.07, 6.45) is 1.21. The van der Waals surface area contributed by atoms with Gasteiger partial charge in [0.15, 0.2) is 0 Å². The highest BCUT2D eigenvalue weighted by atomic mass is 32.2. The van der Waals surface area contributed by atoms with Crippen LogP contribution in [-0.2, 0) is 4.74 Å². The molecule has 0 aromatic carbocycles. The molecule has 1 aliphatic rings. The van der Waals surface area contributed by atoms with Crippen molar-refractivity contribution in [2.24, 2.45) is 0 Å². The zero-order valence-corrected chi connectivity index (χ0v) is 7.26. The Bertz CT molecular complexity index is 69.5. The summed E-state index contributed by atoms with van der Waals surface area (Å²) in [7, 11) is 1.80. The first-order chi connectivity index (χ1) is 4.43. The lowest BCUT2D eigenvalue weighted by Crippen LogP contribution is -2.04. The molecule has 0 saturated carbocycles. The maximum atomic E-state index is 5.22. The second-order valence-electron chi connectivity index (χ2n) is 1.94. The minimum atomic E-state index is 0.472. The van der Waals surface area contributed by atoms with Crippen molar-refractivity contribution in [3.8, 4) is 0 Å². The number of ether oxygens (including phenoxy) is 1. The van der Waals surface area contributed by atoms with Crippen LogP contribution in [0.25, 0.3) is 0 Å². The zero-order chi connectivity index (χ0) is 6.53. The summed E-state index contributed by atoms with van der Waals surface area (Å²) >= 11 is 3.97. The van der Waals surface area contributed by atoms with Gasteiger partial charge in [-0.2, -0.15) is 11.8 Å². The molecule has 1 rings (SSSR count).